The second kappa shape index (κ2) is 11.1. The van der Waals surface area contributed by atoms with E-state index < -0.39 is 17.7 Å². The summed E-state index contributed by atoms with van der Waals surface area (Å²) in [6.07, 6.45) is 1.78. The van der Waals surface area contributed by atoms with Crippen molar-refractivity contribution in [1.29, 1.82) is 5.26 Å². The lowest BCUT2D eigenvalue weighted by Gasteiger charge is -2.14. The minimum atomic E-state index is -0.687. The summed E-state index contributed by atoms with van der Waals surface area (Å²) in [5.41, 5.74) is 8.78. The zero-order chi connectivity index (χ0) is 23.0. The Morgan fingerprint density at radius 3 is 2.58 bits per heavy atom. The Morgan fingerprint density at radius 1 is 1.32 bits per heavy atom. The number of methoxy groups -OCH3 is 1. The Morgan fingerprint density at radius 2 is 2.00 bits per heavy atom. The van der Waals surface area contributed by atoms with E-state index in [2.05, 4.69) is 5.32 Å². The molecule has 0 fully saturated rings. The molecule has 1 aromatic heterocycles. The highest BCUT2D eigenvalue weighted by Crippen LogP contribution is 2.18. The number of benzene rings is 1. The van der Waals surface area contributed by atoms with Gasteiger partial charge in [-0.2, -0.15) is 5.26 Å². The van der Waals surface area contributed by atoms with Crippen LogP contribution in [0, 0.1) is 36.9 Å². The molecule has 31 heavy (non-hydrogen) atoms. The Kier molecular flexibility index (Phi) is 8.53. The van der Waals surface area contributed by atoms with Crippen molar-refractivity contribution in [3.8, 4) is 6.07 Å². The number of nitriles is 1. The van der Waals surface area contributed by atoms with Crippen LogP contribution in [0.2, 0.25) is 0 Å². The van der Waals surface area contributed by atoms with Crippen LogP contribution in [0.1, 0.15) is 22.5 Å². The molecule has 0 aliphatic carbocycles. The summed E-state index contributed by atoms with van der Waals surface area (Å²) in [4.78, 5) is 24.3. The first-order valence-electron chi connectivity index (χ1n) is 9.86. The first-order chi connectivity index (χ1) is 14.8. The molecule has 0 aliphatic rings. The van der Waals surface area contributed by atoms with E-state index in [1.807, 2.05) is 30.6 Å². The minimum Gasteiger partial charge on any atom is -0.383 e. The summed E-state index contributed by atoms with van der Waals surface area (Å²) in [5, 5.41) is 12.1. The van der Waals surface area contributed by atoms with Crippen LogP contribution in [-0.4, -0.2) is 36.6 Å². The summed E-state index contributed by atoms with van der Waals surface area (Å²) < 4.78 is 20.2. The van der Waals surface area contributed by atoms with Gasteiger partial charge in [-0.1, -0.05) is 12.1 Å². The molecular formula is C23H27FN4O3. The maximum absolute atomic E-state index is 13.1. The summed E-state index contributed by atoms with van der Waals surface area (Å²) in [6, 6.07) is 9.53. The minimum absolute atomic E-state index is 0.0303. The molecule has 8 heteroatoms. The van der Waals surface area contributed by atoms with Gasteiger partial charge in [0.15, 0.2) is 0 Å². The van der Waals surface area contributed by atoms with Crippen molar-refractivity contribution in [2.24, 2.45) is 11.7 Å². The number of carbonyl (C=O) groups is 2. The van der Waals surface area contributed by atoms with Gasteiger partial charge in [-0.3, -0.25) is 9.59 Å². The van der Waals surface area contributed by atoms with Gasteiger partial charge < -0.3 is 20.4 Å². The van der Waals surface area contributed by atoms with Crippen LogP contribution in [-0.2, 0) is 27.3 Å². The molecule has 164 valence electrons. The lowest BCUT2D eigenvalue weighted by atomic mass is 9.98. The number of ether oxygens (including phenoxy) is 1. The van der Waals surface area contributed by atoms with Crippen LogP contribution < -0.4 is 11.1 Å². The first-order valence-corrected chi connectivity index (χ1v) is 9.86. The molecule has 0 saturated heterocycles. The molecule has 0 spiro atoms. The van der Waals surface area contributed by atoms with Gasteiger partial charge in [0.05, 0.1) is 12.5 Å². The average Bonchev–Trinajstić information content (AvgIpc) is 3.01. The third-order valence-electron chi connectivity index (χ3n) is 5.10. The lowest BCUT2D eigenvalue weighted by Crippen LogP contribution is -2.37. The van der Waals surface area contributed by atoms with E-state index in [-0.39, 0.29) is 24.4 Å². The molecule has 2 aromatic rings. The molecule has 2 amide bonds. The molecule has 0 bridgehead atoms. The predicted molar refractivity (Wildman–Crippen MR) is 115 cm³/mol. The SMILES string of the molecule is COCCn1c(C)cc(/C=C(/C#N)C(=O)NCC(Cc2ccc(F)cc2)C(N)=O)c1C. The Labute approximate surface area is 181 Å². The highest BCUT2D eigenvalue weighted by atomic mass is 19.1. The molecule has 1 aromatic carbocycles. The number of aromatic nitrogens is 1. The number of aryl methyl sites for hydroxylation is 1. The standard InChI is InChI=1S/C23H27FN4O3/c1-15-10-18(16(2)28(15)8-9-31-3)12-19(13-25)23(30)27-14-20(22(26)29)11-17-4-6-21(24)7-5-17/h4-7,10,12,20H,8-9,11,14H2,1-3H3,(H2,26,29)(H,27,30)/b19-12-. The number of halogens is 1. The van der Waals surface area contributed by atoms with Gasteiger partial charge >= 0.3 is 0 Å². The predicted octanol–water partition coefficient (Wildman–Crippen LogP) is 2.26. The highest BCUT2D eigenvalue weighted by Gasteiger charge is 2.19. The average molecular weight is 426 g/mol. The number of nitrogens with two attached hydrogens (primary N) is 1. The van der Waals surface area contributed by atoms with E-state index in [4.69, 9.17) is 10.5 Å². The van der Waals surface area contributed by atoms with Gasteiger partial charge in [0.1, 0.15) is 17.5 Å². The van der Waals surface area contributed by atoms with Gasteiger partial charge in [-0.15, -0.1) is 0 Å². The van der Waals surface area contributed by atoms with E-state index in [9.17, 15) is 19.2 Å². The zero-order valence-corrected chi connectivity index (χ0v) is 17.9. The van der Waals surface area contributed by atoms with Gasteiger partial charge in [0.2, 0.25) is 5.91 Å². The van der Waals surface area contributed by atoms with Gasteiger partial charge in [-0.25, -0.2) is 4.39 Å². The van der Waals surface area contributed by atoms with Crippen LogP contribution in [0.15, 0.2) is 35.9 Å². The van der Waals surface area contributed by atoms with E-state index in [1.165, 1.54) is 18.2 Å². The Bertz CT molecular complexity index is 1000. The molecule has 1 unspecified atom stereocenters. The highest BCUT2D eigenvalue weighted by molar-refractivity contribution is 6.02. The van der Waals surface area contributed by atoms with Crippen LogP contribution >= 0.6 is 0 Å². The fraction of sp³-hybridized carbons (Fsp3) is 0.348. The third-order valence-corrected chi connectivity index (χ3v) is 5.10. The fourth-order valence-corrected chi connectivity index (χ4v) is 3.29. The number of hydrogen-bond donors (Lipinski definition) is 2. The number of rotatable bonds is 10. The molecule has 2 rings (SSSR count). The van der Waals surface area contributed by atoms with E-state index >= 15 is 0 Å². The largest absolute Gasteiger partial charge is 0.383 e. The summed E-state index contributed by atoms with van der Waals surface area (Å²) >= 11 is 0. The normalized spacial score (nSPS) is 12.3. The van der Waals surface area contributed by atoms with Gasteiger partial charge in [0, 0.05) is 31.6 Å². The monoisotopic (exact) mass is 426 g/mol. The van der Waals surface area contributed by atoms with Crippen molar-refractivity contribution >= 4 is 17.9 Å². The summed E-state index contributed by atoms with van der Waals surface area (Å²) in [7, 11) is 1.63. The molecule has 0 aliphatic heterocycles. The van der Waals surface area contributed by atoms with Crippen LogP contribution in [0.5, 0.6) is 0 Å². The number of amides is 2. The van der Waals surface area contributed by atoms with Crippen molar-refractivity contribution in [3.05, 3.63) is 64.2 Å². The van der Waals surface area contributed by atoms with Crippen LogP contribution in [0.4, 0.5) is 4.39 Å². The maximum atomic E-state index is 13.1. The van der Waals surface area contributed by atoms with E-state index in [0.29, 0.717) is 13.2 Å². The third kappa shape index (κ3) is 6.52. The Hall–Kier alpha value is -3.44. The van der Waals surface area contributed by atoms with E-state index in [1.54, 1.807) is 19.2 Å². The lowest BCUT2D eigenvalue weighted by molar-refractivity contribution is -0.122. The van der Waals surface area contributed by atoms with Crippen LogP contribution in [0.25, 0.3) is 6.08 Å². The van der Waals surface area contributed by atoms with Crippen molar-refractivity contribution in [3.63, 3.8) is 0 Å². The molecule has 7 nitrogen and oxygen atoms in total. The van der Waals surface area contributed by atoms with Crippen molar-refractivity contribution in [2.75, 3.05) is 20.3 Å². The number of carbonyl (C=O) groups excluding carboxylic acids is 2. The van der Waals surface area contributed by atoms with Crippen molar-refractivity contribution in [2.45, 2.75) is 26.8 Å². The van der Waals surface area contributed by atoms with Crippen molar-refractivity contribution in [1.82, 2.24) is 9.88 Å². The topological polar surface area (TPSA) is 110 Å². The number of primary amides is 1. The molecule has 0 radical (unpaired) electrons. The molecule has 0 saturated carbocycles. The van der Waals surface area contributed by atoms with Gasteiger partial charge in [0.25, 0.3) is 5.91 Å². The van der Waals surface area contributed by atoms with E-state index in [0.717, 1.165) is 22.5 Å². The second-order valence-corrected chi connectivity index (χ2v) is 7.28. The Balaban J connectivity index is 2.10. The summed E-state index contributed by atoms with van der Waals surface area (Å²) in [5.74, 6) is -2.24. The van der Waals surface area contributed by atoms with Gasteiger partial charge in [-0.05, 0) is 55.7 Å². The molecular weight excluding hydrogens is 399 g/mol. The van der Waals surface area contributed by atoms with Crippen LogP contribution in [0.3, 0.4) is 0 Å². The number of hydrogen-bond acceptors (Lipinski definition) is 4. The summed E-state index contributed by atoms with van der Waals surface area (Å²) in [6.45, 7) is 5.04. The molecule has 3 N–H and O–H groups in total. The quantitative estimate of drug-likeness (QED) is 0.448. The maximum Gasteiger partial charge on any atom is 0.261 e. The second-order valence-electron chi connectivity index (χ2n) is 7.28. The number of nitrogens with one attached hydrogen (secondary N) is 1. The number of nitrogens with zero attached hydrogens (tertiary/aromatic N) is 2. The zero-order valence-electron chi connectivity index (χ0n) is 17.9. The molecule has 1 atom stereocenters. The molecule has 1 heterocycles. The fourth-order valence-electron chi connectivity index (χ4n) is 3.29. The van der Waals surface area contributed by atoms with Crippen molar-refractivity contribution < 1.29 is 18.7 Å². The smallest absolute Gasteiger partial charge is 0.261 e. The first kappa shape index (κ1) is 23.8.